The van der Waals surface area contributed by atoms with Gasteiger partial charge in [0.1, 0.15) is 0 Å². The van der Waals surface area contributed by atoms with Gasteiger partial charge in [-0.3, -0.25) is 0 Å². The highest BCUT2D eigenvalue weighted by atomic mass is 32.2. The molecule has 0 aromatic rings. The van der Waals surface area contributed by atoms with E-state index in [9.17, 15) is 0 Å². The van der Waals surface area contributed by atoms with Crippen LogP contribution >= 0.6 is 11.8 Å². The van der Waals surface area contributed by atoms with E-state index in [2.05, 4.69) is 37.8 Å². The van der Waals surface area contributed by atoms with Crippen molar-refractivity contribution in [2.45, 2.75) is 63.0 Å². The lowest BCUT2D eigenvalue weighted by molar-refractivity contribution is 0.383. The van der Waals surface area contributed by atoms with Crippen LogP contribution in [0.25, 0.3) is 0 Å². The number of hydrogen-bond acceptors (Lipinski definition) is 2. The summed E-state index contributed by atoms with van der Waals surface area (Å²) < 4.78 is 0. The second kappa shape index (κ2) is 5.26. The highest BCUT2D eigenvalue weighted by Crippen LogP contribution is 2.39. The summed E-state index contributed by atoms with van der Waals surface area (Å²) in [6.07, 6.45) is 6.59. The molecule has 0 aliphatic carbocycles. The van der Waals surface area contributed by atoms with Crippen molar-refractivity contribution < 1.29 is 0 Å². The van der Waals surface area contributed by atoms with E-state index in [-0.39, 0.29) is 0 Å². The van der Waals surface area contributed by atoms with Gasteiger partial charge in [-0.15, -0.1) is 11.8 Å². The van der Waals surface area contributed by atoms with Crippen LogP contribution in [-0.4, -0.2) is 16.7 Å². The maximum atomic E-state index is 3.73. The maximum Gasteiger partial charge on any atom is 0.0647 e. The Labute approximate surface area is 87.1 Å². The molecule has 13 heavy (non-hydrogen) atoms. The van der Waals surface area contributed by atoms with Gasteiger partial charge in [0.2, 0.25) is 0 Å². The fraction of sp³-hybridized carbons (Fsp3) is 1.00. The molecular weight excluding hydrogens is 178 g/mol. The van der Waals surface area contributed by atoms with Gasteiger partial charge in [-0.25, -0.2) is 0 Å². The zero-order valence-corrected chi connectivity index (χ0v) is 10.0. The summed E-state index contributed by atoms with van der Waals surface area (Å²) in [5.41, 5.74) is 0. The Bertz CT molecular complexity index is 136. The van der Waals surface area contributed by atoms with E-state index in [0.29, 0.717) is 4.87 Å². The Morgan fingerprint density at radius 1 is 1.31 bits per heavy atom. The smallest absolute Gasteiger partial charge is 0.0647 e. The Kier molecular flexibility index (Phi) is 4.60. The summed E-state index contributed by atoms with van der Waals surface area (Å²) >= 11 is 2.17. The van der Waals surface area contributed by atoms with Gasteiger partial charge >= 0.3 is 0 Å². The first-order valence-electron chi connectivity index (χ1n) is 5.65. The molecule has 0 spiro atoms. The SMILES string of the molecule is CCCC1(CCC)NCCC(C)S1. The largest absolute Gasteiger partial charge is 0.303 e. The van der Waals surface area contributed by atoms with Gasteiger partial charge in [-0.05, 0) is 25.8 Å². The molecule has 1 rings (SSSR count). The van der Waals surface area contributed by atoms with Crippen LogP contribution in [0, 0.1) is 0 Å². The zero-order chi connectivity index (χ0) is 9.73. The first kappa shape index (κ1) is 11.4. The lowest BCUT2D eigenvalue weighted by Crippen LogP contribution is -2.47. The van der Waals surface area contributed by atoms with Crippen LogP contribution in [0.1, 0.15) is 52.9 Å². The summed E-state index contributed by atoms with van der Waals surface area (Å²) in [5.74, 6) is 0. The monoisotopic (exact) mass is 201 g/mol. The van der Waals surface area contributed by atoms with Crippen molar-refractivity contribution in [1.29, 1.82) is 0 Å². The third kappa shape index (κ3) is 3.17. The van der Waals surface area contributed by atoms with Gasteiger partial charge in [0.05, 0.1) is 4.87 Å². The molecule has 78 valence electrons. The Hall–Kier alpha value is 0.310. The fourth-order valence-electron chi connectivity index (χ4n) is 2.22. The van der Waals surface area contributed by atoms with E-state index < -0.39 is 0 Å². The number of nitrogens with one attached hydrogen (secondary N) is 1. The van der Waals surface area contributed by atoms with Crippen molar-refractivity contribution in [3.63, 3.8) is 0 Å². The van der Waals surface area contributed by atoms with Crippen LogP contribution in [0.4, 0.5) is 0 Å². The molecule has 0 saturated carbocycles. The molecule has 2 heteroatoms. The lowest BCUT2D eigenvalue weighted by Gasteiger charge is -2.40. The second-order valence-electron chi connectivity index (χ2n) is 4.14. The Morgan fingerprint density at radius 2 is 1.92 bits per heavy atom. The quantitative estimate of drug-likeness (QED) is 0.748. The number of rotatable bonds is 4. The average Bonchev–Trinajstić information content (AvgIpc) is 2.04. The van der Waals surface area contributed by atoms with Crippen molar-refractivity contribution in [1.82, 2.24) is 5.32 Å². The molecule has 1 fully saturated rings. The van der Waals surface area contributed by atoms with Crippen LogP contribution in [-0.2, 0) is 0 Å². The van der Waals surface area contributed by atoms with Gasteiger partial charge in [0.25, 0.3) is 0 Å². The predicted molar refractivity (Wildman–Crippen MR) is 62.2 cm³/mol. The number of hydrogen-bond donors (Lipinski definition) is 1. The van der Waals surface area contributed by atoms with Crippen LogP contribution in [0.3, 0.4) is 0 Å². The normalized spacial score (nSPS) is 27.5. The van der Waals surface area contributed by atoms with Crippen molar-refractivity contribution >= 4 is 11.8 Å². The molecule has 0 aromatic carbocycles. The van der Waals surface area contributed by atoms with E-state index in [1.165, 1.54) is 38.6 Å². The topological polar surface area (TPSA) is 12.0 Å². The lowest BCUT2D eigenvalue weighted by atomic mass is 10.1. The van der Waals surface area contributed by atoms with Crippen molar-refractivity contribution in [3.05, 3.63) is 0 Å². The van der Waals surface area contributed by atoms with Gasteiger partial charge in [0.15, 0.2) is 0 Å². The molecule has 1 saturated heterocycles. The molecule has 1 N–H and O–H groups in total. The molecule has 1 aliphatic rings. The summed E-state index contributed by atoms with van der Waals surface area (Å²) in [7, 11) is 0. The molecule has 1 unspecified atom stereocenters. The van der Waals surface area contributed by atoms with E-state index in [1.54, 1.807) is 0 Å². The molecule has 0 radical (unpaired) electrons. The maximum absolute atomic E-state index is 3.73. The molecule has 1 atom stereocenters. The van der Waals surface area contributed by atoms with E-state index in [0.717, 1.165) is 5.25 Å². The molecule has 1 heterocycles. The third-order valence-corrected chi connectivity index (χ3v) is 4.37. The van der Waals surface area contributed by atoms with Crippen LogP contribution in [0.5, 0.6) is 0 Å². The minimum Gasteiger partial charge on any atom is -0.303 e. The van der Waals surface area contributed by atoms with Crippen molar-refractivity contribution in [3.8, 4) is 0 Å². The molecule has 0 aromatic heterocycles. The standard InChI is InChI=1S/C11H23NS/c1-4-7-11(8-5-2)12-9-6-10(3)13-11/h10,12H,4-9H2,1-3H3. The van der Waals surface area contributed by atoms with E-state index in [4.69, 9.17) is 0 Å². The van der Waals surface area contributed by atoms with Crippen LogP contribution in [0.15, 0.2) is 0 Å². The predicted octanol–water partition coefficient (Wildman–Crippen LogP) is 3.40. The summed E-state index contributed by atoms with van der Waals surface area (Å²) in [6.45, 7) is 8.16. The molecule has 1 nitrogen and oxygen atoms in total. The molecule has 0 amide bonds. The van der Waals surface area contributed by atoms with Crippen LogP contribution < -0.4 is 5.32 Å². The highest BCUT2D eigenvalue weighted by Gasteiger charge is 2.33. The van der Waals surface area contributed by atoms with Gasteiger partial charge < -0.3 is 5.32 Å². The first-order chi connectivity index (χ1) is 6.22. The van der Waals surface area contributed by atoms with Crippen molar-refractivity contribution in [2.75, 3.05) is 6.54 Å². The molecule has 1 aliphatic heterocycles. The van der Waals surface area contributed by atoms with E-state index in [1.807, 2.05) is 0 Å². The second-order valence-corrected chi connectivity index (χ2v) is 5.96. The van der Waals surface area contributed by atoms with Gasteiger partial charge in [0, 0.05) is 5.25 Å². The van der Waals surface area contributed by atoms with E-state index >= 15 is 0 Å². The average molecular weight is 201 g/mol. The number of thioether (sulfide) groups is 1. The van der Waals surface area contributed by atoms with Gasteiger partial charge in [-0.1, -0.05) is 33.6 Å². The van der Waals surface area contributed by atoms with Crippen LogP contribution in [0.2, 0.25) is 0 Å². The highest BCUT2D eigenvalue weighted by molar-refractivity contribution is 8.01. The summed E-state index contributed by atoms with van der Waals surface area (Å²) in [6, 6.07) is 0. The van der Waals surface area contributed by atoms with Crippen molar-refractivity contribution in [2.24, 2.45) is 0 Å². The summed E-state index contributed by atoms with van der Waals surface area (Å²) in [4.78, 5) is 0.418. The van der Waals surface area contributed by atoms with Gasteiger partial charge in [-0.2, -0.15) is 0 Å². The molecule has 0 bridgehead atoms. The third-order valence-electron chi connectivity index (χ3n) is 2.73. The minimum absolute atomic E-state index is 0.418. The first-order valence-corrected chi connectivity index (χ1v) is 6.53. The zero-order valence-electron chi connectivity index (χ0n) is 9.23. The summed E-state index contributed by atoms with van der Waals surface area (Å²) in [5, 5.41) is 4.57. The Balaban J connectivity index is 2.53. The Morgan fingerprint density at radius 3 is 2.38 bits per heavy atom. The minimum atomic E-state index is 0.418. The fourth-order valence-corrected chi connectivity index (χ4v) is 4.05. The molecular formula is C11H23NS.